The second-order valence-corrected chi connectivity index (χ2v) is 4.36. The van der Waals surface area contributed by atoms with Gasteiger partial charge in [-0.05, 0) is 12.8 Å². The first-order valence-corrected chi connectivity index (χ1v) is 5.75. The second kappa shape index (κ2) is 3.61. The largest absolute Gasteiger partial charge is 0.482 e. The van der Waals surface area contributed by atoms with Crippen LogP contribution < -0.4 is 9.47 Å². The Morgan fingerprint density at radius 1 is 1.29 bits per heavy atom. The zero-order valence-corrected chi connectivity index (χ0v) is 10.2. The van der Waals surface area contributed by atoms with Crippen molar-refractivity contribution in [3.05, 3.63) is 17.5 Å². The molecule has 5 nitrogen and oxygen atoms in total. The Morgan fingerprint density at radius 2 is 2.12 bits per heavy atom. The summed E-state index contributed by atoms with van der Waals surface area (Å²) in [5, 5.41) is 0. The molecule has 5 heteroatoms. The number of rotatable bonds is 2. The molecule has 90 valence electrons. The Kier molecular flexibility index (Phi) is 2.21. The molecule has 2 aromatic rings. The lowest BCUT2D eigenvalue weighted by Gasteiger charge is -2.07. The highest BCUT2D eigenvalue weighted by atomic mass is 16.5. The quantitative estimate of drug-likeness (QED) is 0.793. The van der Waals surface area contributed by atoms with Gasteiger partial charge in [0.05, 0.1) is 31.7 Å². The molecule has 2 heterocycles. The van der Waals surface area contributed by atoms with Crippen LogP contribution in [-0.2, 0) is 6.42 Å². The van der Waals surface area contributed by atoms with Crippen molar-refractivity contribution in [3.8, 4) is 11.8 Å². The summed E-state index contributed by atoms with van der Waals surface area (Å²) in [6, 6.07) is 1.79. The molecule has 1 unspecified atom stereocenters. The fraction of sp³-hybridized carbons (Fsp3) is 0.500. The molecule has 1 aliphatic carbocycles. The lowest BCUT2D eigenvalue weighted by Crippen LogP contribution is -2.01. The molecule has 0 saturated carbocycles. The Balaban J connectivity index is 2.31. The maximum atomic E-state index is 5.39. The van der Waals surface area contributed by atoms with Crippen molar-refractivity contribution in [2.75, 3.05) is 14.2 Å². The Hall–Kier alpha value is -1.78. The SMILES string of the molecule is COc1cc(OC)n2c3c(nc2n1)C(C)CC3. The molecule has 2 aromatic heterocycles. The average Bonchev–Trinajstić information content (AvgIpc) is 2.88. The Morgan fingerprint density at radius 3 is 2.82 bits per heavy atom. The van der Waals surface area contributed by atoms with Gasteiger partial charge in [0.1, 0.15) is 0 Å². The van der Waals surface area contributed by atoms with E-state index in [0.29, 0.717) is 17.6 Å². The first kappa shape index (κ1) is 10.4. The van der Waals surface area contributed by atoms with Crippen LogP contribution >= 0.6 is 0 Å². The van der Waals surface area contributed by atoms with Gasteiger partial charge in [-0.15, -0.1) is 0 Å². The monoisotopic (exact) mass is 233 g/mol. The highest BCUT2D eigenvalue weighted by Gasteiger charge is 2.26. The Bertz CT molecular complexity index is 577. The van der Waals surface area contributed by atoms with Crippen LogP contribution in [0, 0.1) is 0 Å². The third kappa shape index (κ3) is 1.38. The highest BCUT2D eigenvalue weighted by molar-refractivity contribution is 5.45. The van der Waals surface area contributed by atoms with Gasteiger partial charge in [0, 0.05) is 5.92 Å². The van der Waals surface area contributed by atoms with Crippen LogP contribution in [0.4, 0.5) is 0 Å². The lowest BCUT2D eigenvalue weighted by atomic mass is 10.1. The standard InChI is InChI=1S/C12H15N3O2/c1-7-4-5-8-11(7)14-12-13-9(16-2)6-10(17-3)15(8)12/h6-7H,4-5H2,1-3H3. The smallest absolute Gasteiger partial charge is 0.240 e. The van der Waals surface area contributed by atoms with Crippen LogP contribution in [0.25, 0.3) is 5.78 Å². The van der Waals surface area contributed by atoms with Gasteiger partial charge in [-0.25, -0.2) is 4.98 Å². The van der Waals surface area contributed by atoms with Gasteiger partial charge in [-0.3, -0.25) is 4.40 Å². The molecular formula is C12H15N3O2. The van der Waals surface area contributed by atoms with E-state index in [-0.39, 0.29) is 0 Å². The topological polar surface area (TPSA) is 48.7 Å². The van der Waals surface area contributed by atoms with Gasteiger partial charge in [-0.2, -0.15) is 4.98 Å². The zero-order valence-electron chi connectivity index (χ0n) is 10.2. The molecule has 0 aliphatic heterocycles. The molecule has 0 fully saturated rings. The van der Waals surface area contributed by atoms with Crippen LogP contribution in [-0.4, -0.2) is 28.6 Å². The molecule has 0 spiro atoms. The summed E-state index contributed by atoms with van der Waals surface area (Å²) in [6.07, 6.45) is 2.18. The normalized spacial score (nSPS) is 18.4. The molecule has 3 rings (SSSR count). The third-order valence-corrected chi connectivity index (χ3v) is 3.36. The minimum absolute atomic E-state index is 0.502. The number of methoxy groups -OCH3 is 2. The maximum Gasteiger partial charge on any atom is 0.240 e. The number of imidazole rings is 1. The fourth-order valence-electron chi connectivity index (χ4n) is 2.44. The number of aryl methyl sites for hydroxylation is 1. The molecular weight excluding hydrogens is 218 g/mol. The predicted octanol–water partition coefficient (Wildman–Crippen LogP) is 1.80. The van der Waals surface area contributed by atoms with E-state index in [4.69, 9.17) is 9.47 Å². The van der Waals surface area contributed by atoms with Crippen molar-refractivity contribution >= 4 is 5.78 Å². The van der Waals surface area contributed by atoms with Gasteiger partial charge in [-0.1, -0.05) is 6.92 Å². The number of hydrogen-bond acceptors (Lipinski definition) is 4. The van der Waals surface area contributed by atoms with Gasteiger partial charge in [0.15, 0.2) is 0 Å². The summed E-state index contributed by atoms with van der Waals surface area (Å²) in [7, 11) is 3.25. The van der Waals surface area contributed by atoms with Crippen LogP contribution in [0.2, 0.25) is 0 Å². The highest BCUT2D eigenvalue weighted by Crippen LogP contribution is 2.35. The van der Waals surface area contributed by atoms with Crippen molar-refractivity contribution in [1.29, 1.82) is 0 Å². The minimum atomic E-state index is 0.502. The Labute approximate surface area is 99.4 Å². The van der Waals surface area contributed by atoms with Crippen molar-refractivity contribution < 1.29 is 9.47 Å². The lowest BCUT2D eigenvalue weighted by molar-refractivity contribution is 0.368. The second-order valence-electron chi connectivity index (χ2n) is 4.36. The summed E-state index contributed by atoms with van der Waals surface area (Å²) in [5.41, 5.74) is 2.36. The summed E-state index contributed by atoms with van der Waals surface area (Å²) in [4.78, 5) is 8.93. The van der Waals surface area contributed by atoms with Crippen molar-refractivity contribution in [3.63, 3.8) is 0 Å². The summed E-state index contributed by atoms with van der Waals surface area (Å²) >= 11 is 0. The molecule has 0 radical (unpaired) electrons. The van der Waals surface area contributed by atoms with E-state index < -0.39 is 0 Å². The van der Waals surface area contributed by atoms with Crippen molar-refractivity contribution in [2.45, 2.75) is 25.7 Å². The molecule has 0 saturated heterocycles. The van der Waals surface area contributed by atoms with Crippen LogP contribution in [0.3, 0.4) is 0 Å². The summed E-state index contributed by atoms with van der Waals surface area (Å²) in [5.74, 6) is 2.43. The summed E-state index contributed by atoms with van der Waals surface area (Å²) < 4.78 is 12.5. The van der Waals surface area contributed by atoms with E-state index >= 15 is 0 Å². The maximum absolute atomic E-state index is 5.39. The predicted molar refractivity (Wildman–Crippen MR) is 62.8 cm³/mol. The first-order chi connectivity index (χ1) is 8.24. The van der Waals surface area contributed by atoms with E-state index in [1.807, 2.05) is 4.40 Å². The van der Waals surface area contributed by atoms with E-state index in [1.165, 1.54) is 5.69 Å². The molecule has 0 amide bonds. The first-order valence-electron chi connectivity index (χ1n) is 5.75. The van der Waals surface area contributed by atoms with E-state index in [0.717, 1.165) is 24.4 Å². The van der Waals surface area contributed by atoms with Crippen LogP contribution in [0.5, 0.6) is 11.8 Å². The molecule has 17 heavy (non-hydrogen) atoms. The van der Waals surface area contributed by atoms with E-state index in [9.17, 15) is 0 Å². The van der Waals surface area contributed by atoms with Gasteiger partial charge >= 0.3 is 0 Å². The molecule has 0 bridgehead atoms. The molecule has 1 atom stereocenters. The van der Waals surface area contributed by atoms with Crippen LogP contribution in [0.15, 0.2) is 6.07 Å². The van der Waals surface area contributed by atoms with Crippen molar-refractivity contribution in [1.82, 2.24) is 14.4 Å². The number of aromatic nitrogens is 3. The summed E-state index contributed by atoms with van der Waals surface area (Å²) in [6.45, 7) is 2.20. The third-order valence-electron chi connectivity index (χ3n) is 3.36. The van der Waals surface area contributed by atoms with Gasteiger partial charge in [0.25, 0.3) is 0 Å². The number of fused-ring (bicyclic) bond motifs is 3. The number of hydrogen-bond donors (Lipinski definition) is 0. The van der Waals surface area contributed by atoms with Crippen LogP contribution in [0.1, 0.15) is 30.7 Å². The van der Waals surface area contributed by atoms with Crippen molar-refractivity contribution in [2.24, 2.45) is 0 Å². The van der Waals surface area contributed by atoms with Gasteiger partial charge in [0.2, 0.25) is 17.5 Å². The van der Waals surface area contributed by atoms with E-state index in [1.54, 1.807) is 20.3 Å². The number of nitrogens with zero attached hydrogens (tertiary/aromatic N) is 3. The fourth-order valence-corrected chi connectivity index (χ4v) is 2.44. The van der Waals surface area contributed by atoms with E-state index in [2.05, 4.69) is 16.9 Å². The zero-order chi connectivity index (χ0) is 12.0. The van der Waals surface area contributed by atoms with Gasteiger partial charge < -0.3 is 9.47 Å². The average molecular weight is 233 g/mol. The molecule has 1 aliphatic rings. The minimum Gasteiger partial charge on any atom is -0.482 e. The molecule has 0 N–H and O–H groups in total. The molecule has 0 aromatic carbocycles. The number of ether oxygens (including phenoxy) is 2.